The number of amides is 2. The summed E-state index contributed by atoms with van der Waals surface area (Å²) >= 11 is 1.43. The average molecular weight is 307 g/mol. The van der Waals surface area contributed by atoms with E-state index in [1.54, 1.807) is 38.4 Å². The van der Waals surface area contributed by atoms with E-state index in [9.17, 15) is 9.59 Å². The first-order valence-corrected chi connectivity index (χ1v) is 7.26. The SMILES string of the molecule is CC(C)(C)C(OC(N)=O)C(=O)Nc1csc2ncccc12. The van der Waals surface area contributed by atoms with Crippen LogP contribution in [0.1, 0.15) is 20.8 Å². The van der Waals surface area contributed by atoms with E-state index >= 15 is 0 Å². The highest BCUT2D eigenvalue weighted by Gasteiger charge is 2.34. The molecular formula is C14H17N3O3S. The summed E-state index contributed by atoms with van der Waals surface area (Å²) in [6.07, 6.45) is -0.248. The van der Waals surface area contributed by atoms with E-state index in [2.05, 4.69) is 10.3 Å². The number of rotatable bonds is 3. The van der Waals surface area contributed by atoms with Gasteiger partial charge in [0.05, 0.1) is 5.69 Å². The molecule has 0 saturated heterocycles. The largest absolute Gasteiger partial charge is 0.436 e. The summed E-state index contributed by atoms with van der Waals surface area (Å²) in [5, 5.41) is 5.43. The summed E-state index contributed by atoms with van der Waals surface area (Å²) in [5.74, 6) is -0.412. The lowest BCUT2D eigenvalue weighted by Gasteiger charge is -2.28. The maximum absolute atomic E-state index is 12.4. The van der Waals surface area contributed by atoms with Crippen molar-refractivity contribution in [3.8, 4) is 0 Å². The van der Waals surface area contributed by atoms with Gasteiger partial charge in [0.15, 0.2) is 6.10 Å². The fourth-order valence-electron chi connectivity index (χ4n) is 1.90. The highest BCUT2D eigenvalue weighted by molar-refractivity contribution is 7.17. The predicted octanol–water partition coefficient (Wildman–Crippen LogP) is 2.74. The van der Waals surface area contributed by atoms with Gasteiger partial charge in [-0.3, -0.25) is 4.79 Å². The van der Waals surface area contributed by atoms with Gasteiger partial charge in [-0.15, -0.1) is 11.3 Å². The van der Waals surface area contributed by atoms with Crippen LogP contribution in [0.3, 0.4) is 0 Å². The number of fused-ring (bicyclic) bond motifs is 1. The molecule has 1 atom stereocenters. The van der Waals surface area contributed by atoms with Gasteiger partial charge in [-0.05, 0) is 12.1 Å². The molecule has 3 N–H and O–H groups in total. The fraction of sp³-hybridized carbons (Fsp3) is 0.357. The van der Waals surface area contributed by atoms with E-state index in [-0.39, 0.29) is 0 Å². The van der Waals surface area contributed by atoms with Crippen molar-refractivity contribution in [1.29, 1.82) is 0 Å². The summed E-state index contributed by atoms with van der Waals surface area (Å²) in [6.45, 7) is 5.40. The molecule has 0 radical (unpaired) electrons. The van der Waals surface area contributed by atoms with Gasteiger partial charge in [0.25, 0.3) is 5.91 Å². The van der Waals surface area contributed by atoms with E-state index in [4.69, 9.17) is 10.5 Å². The van der Waals surface area contributed by atoms with Crippen molar-refractivity contribution in [3.63, 3.8) is 0 Å². The Morgan fingerprint density at radius 2 is 2.14 bits per heavy atom. The third-order valence-electron chi connectivity index (χ3n) is 2.87. The molecule has 0 aliphatic rings. The number of nitrogens with zero attached hydrogens (tertiary/aromatic N) is 1. The number of aromatic nitrogens is 1. The van der Waals surface area contributed by atoms with Gasteiger partial charge in [-0.2, -0.15) is 0 Å². The number of thiophene rings is 1. The van der Waals surface area contributed by atoms with Crippen molar-refractivity contribution in [2.75, 3.05) is 5.32 Å². The topological polar surface area (TPSA) is 94.3 Å². The second-order valence-electron chi connectivity index (χ2n) is 5.68. The number of carbonyl (C=O) groups excluding carboxylic acids is 2. The molecule has 0 bridgehead atoms. The number of hydrogen-bond donors (Lipinski definition) is 2. The van der Waals surface area contributed by atoms with Gasteiger partial charge >= 0.3 is 6.09 Å². The van der Waals surface area contributed by atoms with Crippen LogP contribution in [0.4, 0.5) is 10.5 Å². The minimum absolute atomic E-state index is 0.412. The minimum atomic E-state index is -0.971. The molecule has 0 aliphatic carbocycles. The number of pyridine rings is 1. The summed E-state index contributed by atoms with van der Waals surface area (Å²) in [5.41, 5.74) is 5.12. The van der Waals surface area contributed by atoms with Crippen LogP contribution in [-0.4, -0.2) is 23.1 Å². The minimum Gasteiger partial charge on any atom is -0.436 e. The van der Waals surface area contributed by atoms with Gasteiger partial charge in [0.2, 0.25) is 0 Å². The number of nitrogens with one attached hydrogen (secondary N) is 1. The van der Waals surface area contributed by atoms with Crippen molar-refractivity contribution in [2.24, 2.45) is 11.1 Å². The lowest BCUT2D eigenvalue weighted by atomic mass is 9.88. The van der Waals surface area contributed by atoms with Crippen LogP contribution in [0.15, 0.2) is 23.7 Å². The van der Waals surface area contributed by atoms with Gasteiger partial charge < -0.3 is 15.8 Å². The molecule has 112 valence electrons. The molecule has 2 heterocycles. The molecule has 21 heavy (non-hydrogen) atoms. The van der Waals surface area contributed by atoms with Crippen molar-refractivity contribution in [2.45, 2.75) is 26.9 Å². The summed E-state index contributed by atoms with van der Waals surface area (Å²) in [4.78, 5) is 28.4. The number of nitrogens with two attached hydrogens (primary N) is 1. The van der Waals surface area contributed by atoms with Crippen molar-refractivity contribution in [1.82, 2.24) is 4.98 Å². The highest BCUT2D eigenvalue weighted by atomic mass is 32.1. The Morgan fingerprint density at radius 3 is 2.76 bits per heavy atom. The maximum Gasteiger partial charge on any atom is 0.405 e. The first kappa shape index (κ1) is 15.2. The fourth-order valence-corrected chi connectivity index (χ4v) is 2.74. The Bertz CT molecular complexity index is 675. The summed E-state index contributed by atoms with van der Waals surface area (Å²) < 4.78 is 4.95. The molecule has 0 fully saturated rings. The Balaban J connectivity index is 2.24. The molecule has 1 unspecified atom stereocenters. The number of carbonyl (C=O) groups is 2. The second kappa shape index (κ2) is 5.69. The van der Waals surface area contributed by atoms with Gasteiger partial charge in [-0.25, -0.2) is 9.78 Å². The molecule has 6 nitrogen and oxygen atoms in total. The first-order chi connectivity index (χ1) is 9.79. The Kier molecular flexibility index (Phi) is 4.13. The zero-order valence-electron chi connectivity index (χ0n) is 12.0. The van der Waals surface area contributed by atoms with Crippen LogP contribution in [0.2, 0.25) is 0 Å². The van der Waals surface area contributed by atoms with Gasteiger partial charge in [-0.1, -0.05) is 20.8 Å². The van der Waals surface area contributed by atoms with Crippen LogP contribution < -0.4 is 11.1 Å². The predicted molar refractivity (Wildman–Crippen MR) is 82.2 cm³/mol. The molecular weight excluding hydrogens is 290 g/mol. The van der Waals surface area contributed by atoms with E-state index in [0.29, 0.717) is 5.69 Å². The Hall–Kier alpha value is -2.15. The van der Waals surface area contributed by atoms with E-state index < -0.39 is 23.5 Å². The Labute approximate surface area is 126 Å². The third kappa shape index (κ3) is 3.49. The molecule has 2 aromatic heterocycles. The van der Waals surface area contributed by atoms with Crippen LogP contribution in [0.25, 0.3) is 10.2 Å². The summed E-state index contributed by atoms with van der Waals surface area (Å²) in [7, 11) is 0. The van der Waals surface area contributed by atoms with E-state index in [0.717, 1.165) is 10.2 Å². The van der Waals surface area contributed by atoms with E-state index in [1.165, 1.54) is 11.3 Å². The number of hydrogen-bond acceptors (Lipinski definition) is 5. The first-order valence-electron chi connectivity index (χ1n) is 6.38. The lowest BCUT2D eigenvalue weighted by Crippen LogP contribution is -2.43. The molecule has 2 aromatic rings. The van der Waals surface area contributed by atoms with Gasteiger partial charge in [0, 0.05) is 22.4 Å². The normalized spacial score (nSPS) is 12.9. The molecule has 0 saturated carbocycles. The van der Waals surface area contributed by atoms with Crippen LogP contribution in [-0.2, 0) is 9.53 Å². The van der Waals surface area contributed by atoms with Crippen LogP contribution in [0, 0.1) is 5.41 Å². The third-order valence-corrected chi connectivity index (χ3v) is 3.77. The highest BCUT2D eigenvalue weighted by Crippen LogP contribution is 2.30. The molecule has 0 spiro atoms. The van der Waals surface area contributed by atoms with E-state index in [1.807, 2.05) is 6.07 Å². The van der Waals surface area contributed by atoms with Crippen molar-refractivity contribution >= 4 is 39.2 Å². The quantitative estimate of drug-likeness (QED) is 0.911. The maximum atomic E-state index is 12.4. The molecule has 2 rings (SSSR count). The number of primary amides is 1. The number of anilines is 1. The molecule has 2 amide bonds. The molecule has 0 aromatic carbocycles. The van der Waals surface area contributed by atoms with Gasteiger partial charge in [0.1, 0.15) is 4.83 Å². The van der Waals surface area contributed by atoms with Crippen molar-refractivity contribution < 1.29 is 14.3 Å². The van der Waals surface area contributed by atoms with Crippen LogP contribution in [0.5, 0.6) is 0 Å². The standard InChI is InChI=1S/C14H17N3O3S/c1-14(2,3)10(20-13(15)19)11(18)17-9-7-21-12-8(9)5-4-6-16-12/h4-7,10H,1-3H3,(H2,15,19)(H,17,18). The molecule has 0 aliphatic heterocycles. The van der Waals surface area contributed by atoms with Crippen LogP contribution >= 0.6 is 11.3 Å². The second-order valence-corrected chi connectivity index (χ2v) is 6.54. The smallest absolute Gasteiger partial charge is 0.405 e. The molecule has 7 heteroatoms. The Morgan fingerprint density at radius 1 is 1.43 bits per heavy atom. The number of ether oxygens (including phenoxy) is 1. The average Bonchev–Trinajstić information content (AvgIpc) is 2.78. The zero-order chi connectivity index (χ0) is 15.6. The van der Waals surface area contributed by atoms with Crippen molar-refractivity contribution in [3.05, 3.63) is 23.7 Å². The lowest BCUT2D eigenvalue weighted by molar-refractivity contribution is -0.129. The summed E-state index contributed by atoms with van der Waals surface area (Å²) in [6, 6.07) is 3.67. The monoisotopic (exact) mass is 307 g/mol. The zero-order valence-corrected chi connectivity index (χ0v) is 12.9.